The molecule has 1 unspecified atom stereocenters. The van der Waals surface area contributed by atoms with Crippen LogP contribution in [0.5, 0.6) is 0 Å². The summed E-state index contributed by atoms with van der Waals surface area (Å²) in [7, 11) is 0. The molecular weight excluding hydrogens is 252 g/mol. The molecule has 1 amide bonds. The summed E-state index contributed by atoms with van der Waals surface area (Å²) in [6.45, 7) is 4.00. The molecule has 0 spiro atoms. The Labute approximate surface area is 117 Å². The Morgan fingerprint density at radius 2 is 2.05 bits per heavy atom. The fraction of sp³-hybridized carbons (Fsp3) is 0.267. The molecule has 5 heteroatoms. The van der Waals surface area contributed by atoms with Gasteiger partial charge in [0, 0.05) is 23.2 Å². The highest BCUT2D eigenvalue weighted by Crippen LogP contribution is 2.27. The molecule has 1 aromatic heterocycles. The molecule has 1 atom stereocenters. The standard InChI is InChI=1S/C15H16N4O/c1-9(2)17-15-18-13(14(20)19-15)11-7-3-5-10-6-4-8-16-12(10)11/h3-9,13H,1-2H3,(H2,17,18,19,20). The Hall–Kier alpha value is -2.43. The van der Waals surface area contributed by atoms with Gasteiger partial charge in [-0.25, -0.2) is 4.99 Å². The van der Waals surface area contributed by atoms with Crippen LogP contribution in [0.3, 0.4) is 0 Å². The van der Waals surface area contributed by atoms with E-state index in [9.17, 15) is 4.79 Å². The lowest BCUT2D eigenvalue weighted by Crippen LogP contribution is -2.40. The minimum absolute atomic E-state index is 0.119. The van der Waals surface area contributed by atoms with E-state index in [2.05, 4.69) is 20.6 Å². The third-order valence-electron chi connectivity index (χ3n) is 3.13. The molecule has 102 valence electrons. The van der Waals surface area contributed by atoms with Crippen molar-refractivity contribution >= 4 is 22.8 Å². The topological polar surface area (TPSA) is 66.4 Å². The number of nitrogens with one attached hydrogen (secondary N) is 2. The highest BCUT2D eigenvalue weighted by Gasteiger charge is 2.29. The quantitative estimate of drug-likeness (QED) is 0.872. The van der Waals surface area contributed by atoms with E-state index in [0.717, 1.165) is 16.5 Å². The average molecular weight is 268 g/mol. The number of pyridine rings is 1. The molecule has 20 heavy (non-hydrogen) atoms. The molecule has 0 saturated carbocycles. The summed E-state index contributed by atoms with van der Waals surface area (Å²) < 4.78 is 0. The van der Waals surface area contributed by atoms with Gasteiger partial charge in [-0.15, -0.1) is 0 Å². The number of hydrogen-bond donors (Lipinski definition) is 2. The van der Waals surface area contributed by atoms with E-state index in [4.69, 9.17) is 0 Å². The van der Waals surface area contributed by atoms with Crippen LogP contribution in [-0.4, -0.2) is 22.9 Å². The average Bonchev–Trinajstić information content (AvgIpc) is 2.78. The molecule has 0 bridgehead atoms. The van der Waals surface area contributed by atoms with Gasteiger partial charge >= 0.3 is 0 Å². The highest BCUT2D eigenvalue weighted by molar-refractivity contribution is 6.06. The number of hydrogen-bond acceptors (Lipinski definition) is 4. The Bertz CT molecular complexity index is 688. The first-order chi connectivity index (χ1) is 9.65. The van der Waals surface area contributed by atoms with Gasteiger partial charge in [-0.2, -0.15) is 0 Å². The van der Waals surface area contributed by atoms with Crippen molar-refractivity contribution in [2.45, 2.75) is 25.9 Å². The van der Waals surface area contributed by atoms with Crippen LogP contribution in [0.1, 0.15) is 25.5 Å². The van der Waals surface area contributed by atoms with Gasteiger partial charge in [-0.05, 0) is 19.9 Å². The van der Waals surface area contributed by atoms with Gasteiger partial charge < -0.3 is 5.32 Å². The summed E-state index contributed by atoms with van der Waals surface area (Å²) >= 11 is 0. The summed E-state index contributed by atoms with van der Waals surface area (Å²) in [4.78, 5) is 20.9. The zero-order valence-electron chi connectivity index (χ0n) is 11.4. The summed E-state index contributed by atoms with van der Waals surface area (Å²) in [5, 5.41) is 6.90. The van der Waals surface area contributed by atoms with Crippen LogP contribution in [0.2, 0.25) is 0 Å². The number of carbonyl (C=O) groups excluding carboxylic acids is 1. The third-order valence-corrected chi connectivity index (χ3v) is 3.13. The van der Waals surface area contributed by atoms with Crippen molar-refractivity contribution < 1.29 is 4.79 Å². The highest BCUT2D eigenvalue weighted by atomic mass is 16.2. The Morgan fingerprint density at radius 3 is 2.85 bits per heavy atom. The van der Waals surface area contributed by atoms with E-state index in [0.29, 0.717) is 5.96 Å². The van der Waals surface area contributed by atoms with Crippen molar-refractivity contribution in [3.05, 3.63) is 42.1 Å². The predicted octanol–water partition coefficient (Wildman–Crippen LogP) is 1.76. The lowest BCUT2D eigenvalue weighted by molar-refractivity contribution is -0.120. The third kappa shape index (κ3) is 2.22. The van der Waals surface area contributed by atoms with Crippen LogP contribution < -0.4 is 10.6 Å². The van der Waals surface area contributed by atoms with Gasteiger partial charge in [0.25, 0.3) is 5.91 Å². The number of para-hydroxylation sites is 1. The minimum Gasteiger partial charge on any atom is -0.354 e. The number of nitrogens with zero attached hydrogens (tertiary/aromatic N) is 2. The molecule has 0 radical (unpaired) electrons. The first-order valence-corrected chi connectivity index (χ1v) is 6.64. The number of guanidine groups is 1. The first kappa shape index (κ1) is 12.6. The fourth-order valence-corrected chi connectivity index (χ4v) is 2.31. The molecule has 2 heterocycles. The molecule has 3 rings (SSSR count). The van der Waals surface area contributed by atoms with Crippen LogP contribution >= 0.6 is 0 Å². The Balaban J connectivity index is 2.03. The first-order valence-electron chi connectivity index (χ1n) is 6.64. The molecule has 0 aliphatic carbocycles. The molecule has 2 aromatic rings. The number of fused-ring (bicyclic) bond motifs is 1. The van der Waals surface area contributed by atoms with Gasteiger partial charge in [0.1, 0.15) is 0 Å². The van der Waals surface area contributed by atoms with E-state index in [1.54, 1.807) is 6.20 Å². The van der Waals surface area contributed by atoms with Crippen LogP contribution in [0.4, 0.5) is 0 Å². The molecule has 2 N–H and O–H groups in total. The van der Waals surface area contributed by atoms with E-state index in [1.807, 2.05) is 44.2 Å². The zero-order chi connectivity index (χ0) is 14.1. The fourth-order valence-electron chi connectivity index (χ4n) is 2.31. The van der Waals surface area contributed by atoms with Crippen LogP contribution in [0, 0.1) is 0 Å². The summed E-state index contributed by atoms with van der Waals surface area (Å²) in [6.07, 6.45) is 1.73. The van der Waals surface area contributed by atoms with E-state index < -0.39 is 6.04 Å². The normalized spacial score (nSPS) is 18.2. The predicted molar refractivity (Wildman–Crippen MR) is 78.3 cm³/mol. The van der Waals surface area contributed by atoms with Gasteiger partial charge in [-0.1, -0.05) is 24.3 Å². The Morgan fingerprint density at radius 1 is 1.25 bits per heavy atom. The maximum atomic E-state index is 12.1. The monoisotopic (exact) mass is 268 g/mol. The zero-order valence-corrected chi connectivity index (χ0v) is 11.4. The van der Waals surface area contributed by atoms with Crippen LogP contribution in [0.25, 0.3) is 10.9 Å². The van der Waals surface area contributed by atoms with Crippen molar-refractivity contribution in [2.75, 3.05) is 0 Å². The van der Waals surface area contributed by atoms with Crippen molar-refractivity contribution in [3.8, 4) is 0 Å². The lowest BCUT2D eigenvalue weighted by atomic mass is 10.0. The van der Waals surface area contributed by atoms with E-state index in [1.165, 1.54) is 0 Å². The summed E-state index contributed by atoms with van der Waals surface area (Å²) in [5.41, 5.74) is 1.66. The number of aliphatic imine (C=N–C) groups is 1. The van der Waals surface area contributed by atoms with Crippen molar-refractivity contribution in [1.82, 2.24) is 15.6 Å². The Kier molecular flexibility index (Phi) is 3.10. The number of aromatic nitrogens is 1. The maximum Gasteiger partial charge on any atom is 0.256 e. The number of carbonyl (C=O) groups is 1. The SMILES string of the molecule is CC(C)NC1=NC(c2cccc3cccnc23)C(=O)N1. The number of amides is 1. The van der Waals surface area contributed by atoms with Gasteiger partial charge in [-0.3, -0.25) is 15.1 Å². The van der Waals surface area contributed by atoms with E-state index in [-0.39, 0.29) is 11.9 Å². The maximum absolute atomic E-state index is 12.1. The number of benzene rings is 1. The van der Waals surface area contributed by atoms with Gasteiger partial charge in [0.2, 0.25) is 0 Å². The smallest absolute Gasteiger partial charge is 0.256 e. The van der Waals surface area contributed by atoms with Crippen LogP contribution in [-0.2, 0) is 4.79 Å². The van der Waals surface area contributed by atoms with Crippen molar-refractivity contribution in [2.24, 2.45) is 4.99 Å². The van der Waals surface area contributed by atoms with Gasteiger partial charge in [0.15, 0.2) is 12.0 Å². The second-order valence-corrected chi connectivity index (χ2v) is 5.09. The second-order valence-electron chi connectivity index (χ2n) is 5.09. The van der Waals surface area contributed by atoms with E-state index >= 15 is 0 Å². The van der Waals surface area contributed by atoms with Crippen LogP contribution in [0.15, 0.2) is 41.5 Å². The van der Waals surface area contributed by atoms with Gasteiger partial charge in [0.05, 0.1) is 5.52 Å². The molecule has 5 nitrogen and oxygen atoms in total. The molecule has 0 saturated heterocycles. The molecule has 1 aromatic carbocycles. The molecule has 0 fully saturated rings. The molecule has 1 aliphatic rings. The van der Waals surface area contributed by atoms with Crippen molar-refractivity contribution in [1.29, 1.82) is 0 Å². The lowest BCUT2D eigenvalue weighted by Gasteiger charge is -2.07. The summed E-state index contributed by atoms with van der Waals surface area (Å²) in [5.74, 6) is 0.411. The minimum atomic E-state index is -0.533. The molecule has 1 aliphatic heterocycles. The van der Waals surface area contributed by atoms with Crippen molar-refractivity contribution in [3.63, 3.8) is 0 Å². The molecular formula is C15H16N4O. The second kappa shape index (κ2) is 4.92. The summed E-state index contributed by atoms with van der Waals surface area (Å²) in [6, 6.07) is 9.37. The largest absolute Gasteiger partial charge is 0.354 e. The number of rotatable bonds is 2.